The van der Waals surface area contributed by atoms with Crippen LogP contribution in [0.15, 0.2) is 0 Å². The van der Waals surface area contributed by atoms with Crippen molar-refractivity contribution in [3.8, 4) is 0 Å². The molecular formula is C9H18N8O2. The largest absolute Gasteiger partial charge is 0.350 e. The van der Waals surface area contributed by atoms with E-state index in [0.29, 0.717) is 15.7 Å². The molecule has 0 radical (unpaired) electrons. The number of amides is 4. The molecule has 19 heavy (non-hydrogen) atoms. The Balaban J connectivity index is 3.53. The molecule has 0 aliphatic heterocycles. The lowest BCUT2D eigenvalue weighted by atomic mass is 10.3. The summed E-state index contributed by atoms with van der Waals surface area (Å²) < 4.78 is 1.43. The van der Waals surface area contributed by atoms with Crippen molar-refractivity contribution in [1.29, 1.82) is 0 Å². The summed E-state index contributed by atoms with van der Waals surface area (Å²) in [5, 5.41) is 5.51. The lowest BCUT2D eigenvalue weighted by molar-refractivity contribution is 0.252. The summed E-state index contributed by atoms with van der Waals surface area (Å²) in [7, 11) is 0. The van der Waals surface area contributed by atoms with Crippen LogP contribution < -0.4 is 33.2 Å². The van der Waals surface area contributed by atoms with E-state index in [-0.39, 0.29) is 17.5 Å². The van der Waals surface area contributed by atoms with Crippen molar-refractivity contribution in [2.45, 2.75) is 26.8 Å². The van der Waals surface area contributed by atoms with Gasteiger partial charge in [0.05, 0.1) is 5.69 Å². The second kappa shape index (κ2) is 5.12. The zero-order chi connectivity index (χ0) is 14.9. The number of primary amides is 2. The van der Waals surface area contributed by atoms with Gasteiger partial charge in [0.1, 0.15) is 5.69 Å². The number of anilines is 2. The number of rotatable bonds is 3. The molecule has 0 spiro atoms. The third-order valence-corrected chi connectivity index (χ3v) is 2.46. The van der Waals surface area contributed by atoms with E-state index in [1.807, 2.05) is 13.8 Å². The summed E-state index contributed by atoms with van der Waals surface area (Å²) >= 11 is 0. The van der Waals surface area contributed by atoms with E-state index in [2.05, 4.69) is 5.10 Å². The molecule has 10 heteroatoms. The quantitative estimate of drug-likeness (QED) is 0.323. The van der Waals surface area contributed by atoms with Gasteiger partial charge in [-0.3, -0.25) is 0 Å². The molecule has 0 aromatic carbocycles. The van der Waals surface area contributed by atoms with Gasteiger partial charge in [-0.2, -0.15) is 5.10 Å². The number of hydrazine groups is 2. The van der Waals surface area contributed by atoms with Gasteiger partial charge in [0.2, 0.25) is 0 Å². The smallest absolute Gasteiger partial charge is 0.335 e. The molecule has 106 valence electrons. The second-order valence-electron chi connectivity index (χ2n) is 4.21. The maximum atomic E-state index is 11.2. The summed E-state index contributed by atoms with van der Waals surface area (Å²) in [5.41, 5.74) is 10.8. The maximum absolute atomic E-state index is 11.2. The minimum absolute atomic E-state index is 0.0984. The average molecular weight is 270 g/mol. The molecule has 0 unspecified atom stereocenters. The van der Waals surface area contributed by atoms with E-state index in [0.717, 1.165) is 0 Å². The Morgan fingerprint density at radius 3 is 2.00 bits per heavy atom. The number of nitrogens with two attached hydrogens (primary N) is 4. The van der Waals surface area contributed by atoms with Gasteiger partial charge in [-0.15, -0.1) is 0 Å². The third kappa shape index (κ3) is 2.58. The number of hydrogen-bond donors (Lipinski definition) is 4. The van der Waals surface area contributed by atoms with Gasteiger partial charge in [-0.05, 0) is 20.8 Å². The van der Waals surface area contributed by atoms with Crippen LogP contribution in [0.1, 0.15) is 25.6 Å². The number of aryl methyl sites for hydroxylation is 1. The standard InChI is InChI=1S/C9H18N8O2/c1-4(2)17-7(16(13)9(11)19)6(5(3)14-17)15(12)8(10)18/h4H,12-13H2,1-3H3,(H2,10,18)(H2,11,19). The van der Waals surface area contributed by atoms with Gasteiger partial charge in [-0.25, -0.2) is 36.0 Å². The second-order valence-corrected chi connectivity index (χ2v) is 4.21. The SMILES string of the molecule is Cc1nn(C(C)C)c(N(N)C(N)=O)c1N(N)C(N)=O. The number of urea groups is 2. The van der Waals surface area contributed by atoms with E-state index < -0.39 is 12.1 Å². The molecule has 0 saturated heterocycles. The highest BCUT2D eigenvalue weighted by Gasteiger charge is 2.28. The topological polar surface area (TPSA) is 163 Å². The maximum Gasteiger partial charge on any atom is 0.335 e. The third-order valence-electron chi connectivity index (χ3n) is 2.46. The molecule has 1 aromatic heterocycles. The molecule has 0 aliphatic carbocycles. The highest BCUT2D eigenvalue weighted by atomic mass is 16.2. The molecule has 0 fully saturated rings. The lowest BCUT2D eigenvalue weighted by Gasteiger charge is -2.22. The van der Waals surface area contributed by atoms with E-state index in [1.54, 1.807) is 6.92 Å². The van der Waals surface area contributed by atoms with Gasteiger partial charge < -0.3 is 11.5 Å². The Labute approximate surface area is 109 Å². The molecule has 10 nitrogen and oxygen atoms in total. The highest BCUT2D eigenvalue weighted by Crippen LogP contribution is 2.32. The predicted octanol–water partition coefficient (Wildman–Crippen LogP) is -0.710. The Kier molecular flexibility index (Phi) is 3.97. The van der Waals surface area contributed by atoms with Crippen LogP contribution in [0.3, 0.4) is 0 Å². The van der Waals surface area contributed by atoms with Crippen LogP contribution in [0.25, 0.3) is 0 Å². The van der Waals surface area contributed by atoms with Crippen LogP contribution in [-0.2, 0) is 0 Å². The van der Waals surface area contributed by atoms with Gasteiger partial charge in [0.25, 0.3) is 0 Å². The number of carbonyl (C=O) groups is 2. The number of hydrogen-bond acceptors (Lipinski definition) is 5. The summed E-state index contributed by atoms with van der Waals surface area (Å²) in [6.45, 7) is 5.24. The fourth-order valence-electron chi connectivity index (χ4n) is 1.61. The fraction of sp³-hybridized carbons (Fsp3) is 0.444. The van der Waals surface area contributed by atoms with E-state index in [1.165, 1.54) is 4.68 Å². The monoisotopic (exact) mass is 270 g/mol. The number of aromatic nitrogens is 2. The van der Waals surface area contributed by atoms with Crippen LogP contribution >= 0.6 is 0 Å². The molecule has 0 bridgehead atoms. The van der Waals surface area contributed by atoms with Gasteiger partial charge >= 0.3 is 12.1 Å². The Hall–Kier alpha value is -2.33. The lowest BCUT2D eigenvalue weighted by Crippen LogP contribution is -2.46. The highest BCUT2D eigenvalue weighted by molar-refractivity contribution is 5.98. The van der Waals surface area contributed by atoms with Gasteiger partial charge in [0, 0.05) is 6.04 Å². The van der Waals surface area contributed by atoms with Crippen LogP contribution in [0.2, 0.25) is 0 Å². The Morgan fingerprint density at radius 2 is 1.63 bits per heavy atom. The van der Waals surface area contributed by atoms with Crippen LogP contribution in [0.4, 0.5) is 21.1 Å². The number of nitrogens with zero attached hydrogens (tertiary/aromatic N) is 4. The summed E-state index contributed by atoms with van der Waals surface area (Å²) in [4.78, 5) is 22.4. The minimum Gasteiger partial charge on any atom is -0.350 e. The summed E-state index contributed by atoms with van der Waals surface area (Å²) in [6.07, 6.45) is 0. The van der Waals surface area contributed by atoms with Crippen molar-refractivity contribution >= 4 is 23.6 Å². The first kappa shape index (κ1) is 14.7. The first-order valence-corrected chi connectivity index (χ1v) is 5.46. The van der Waals surface area contributed by atoms with Crippen molar-refractivity contribution in [2.24, 2.45) is 23.2 Å². The van der Waals surface area contributed by atoms with Crippen molar-refractivity contribution in [2.75, 3.05) is 10.0 Å². The molecular weight excluding hydrogens is 252 g/mol. The minimum atomic E-state index is -0.916. The molecule has 1 heterocycles. The van der Waals surface area contributed by atoms with Crippen LogP contribution in [0.5, 0.6) is 0 Å². The van der Waals surface area contributed by atoms with Crippen LogP contribution in [0, 0.1) is 6.92 Å². The van der Waals surface area contributed by atoms with E-state index >= 15 is 0 Å². The number of carbonyl (C=O) groups excluding carboxylic acids is 2. The molecule has 0 atom stereocenters. The first-order chi connectivity index (χ1) is 8.68. The Morgan fingerprint density at radius 1 is 1.16 bits per heavy atom. The Bertz CT molecular complexity index is 509. The van der Waals surface area contributed by atoms with Gasteiger partial charge in [-0.1, -0.05) is 0 Å². The molecule has 4 amide bonds. The normalized spacial score (nSPS) is 10.6. The van der Waals surface area contributed by atoms with E-state index in [4.69, 9.17) is 23.2 Å². The summed E-state index contributed by atoms with van der Waals surface area (Å²) in [5.74, 6) is 11.3. The van der Waals surface area contributed by atoms with Crippen molar-refractivity contribution < 1.29 is 9.59 Å². The van der Waals surface area contributed by atoms with Gasteiger partial charge in [0.15, 0.2) is 5.82 Å². The molecule has 0 aliphatic rings. The molecule has 1 rings (SSSR count). The van der Waals surface area contributed by atoms with Crippen molar-refractivity contribution in [1.82, 2.24) is 9.78 Å². The summed E-state index contributed by atoms with van der Waals surface area (Å²) in [6, 6.07) is -1.96. The zero-order valence-electron chi connectivity index (χ0n) is 11.0. The fourth-order valence-corrected chi connectivity index (χ4v) is 1.61. The van der Waals surface area contributed by atoms with Crippen molar-refractivity contribution in [3.05, 3.63) is 5.69 Å². The average Bonchev–Trinajstić information content (AvgIpc) is 2.64. The van der Waals surface area contributed by atoms with Crippen LogP contribution in [-0.4, -0.2) is 21.8 Å². The van der Waals surface area contributed by atoms with E-state index in [9.17, 15) is 9.59 Å². The first-order valence-electron chi connectivity index (χ1n) is 5.46. The zero-order valence-corrected chi connectivity index (χ0v) is 11.0. The predicted molar refractivity (Wildman–Crippen MR) is 69.8 cm³/mol. The molecule has 8 N–H and O–H groups in total. The van der Waals surface area contributed by atoms with Crippen molar-refractivity contribution in [3.63, 3.8) is 0 Å². The molecule has 0 saturated carbocycles. The molecule has 1 aromatic rings.